The van der Waals surface area contributed by atoms with Gasteiger partial charge in [-0.3, -0.25) is 9.69 Å². The molecule has 0 spiro atoms. The van der Waals surface area contributed by atoms with Crippen molar-refractivity contribution in [2.24, 2.45) is 0 Å². The smallest absolute Gasteiger partial charge is 0.240 e. The van der Waals surface area contributed by atoms with Gasteiger partial charge in [0.2, 0.25) is 5.91 Å². The minimum absolute atomic E-state index is 0.212. The number of H-pyrrole nitrogens is 1. The zero-order valence-electron chi connectivity index (χ0n) is 15.2. The van der Waals surface area contributed by atoms with E-state index >= 15 is 0 Å². The van der Waals surface area contributed by atoms with E-state index in [4.69, 9.17) is 0 Å². The molecule has 1 saturated carbocycles. The molecule has 1 amide bonds. The molecular formula is C20H27FN4O. The van der Waals surface area contributed by atoms with Crippen molar-refractivity contribution in [1.29, 1.82) is 0 Å². The summed E-state index contributed by atoms with van der Waals surface area (Å²) in [6.07, 6.45) is 8.28. The van der Waals surface area contributed by atoms with Crippen LogP contribution >= 0.6 is 0 Å². The van der Waals surface area contributed by atoms with Gasteiger partial charge in [0.1, 0.15) is 17.2 Å². The van der Waals surface area contributed by atoms with E-state index in [0.717, 1.165) is 68.5 Å². The Kier molecular flexibility index (Phi) is 4.94. The summed E-state index contributed by atoms with van der Waals surface area (Å²) in [6.45, 7) is 2.77. The first-order valence-corrected chi connectivity index (χ1v) is 9.85. The van der Waals surface area contributed by atoms with E-state index in [1.54, 1.807) is 6.07 Å². The first kappa shape index (κ1) is 17.5. The molecule has 1 aliphatic carbocycles. The van der Waals surface area contributed by atoms with Crippen LogP contribution in [0.5, 0.6) is 0 Å². The fraction of sp³-hybridized carbons (Fsp3) is 0.600. The Labute approximate surface area is 153 Å². The summed E-state index contributed by atoms with van der Waals surface area (Å²) in [5.74, 6) is 0.794. The van der Waals surface area contributed by atoms with E-state index in [-0.39, 0.29) is 17.3 Å². The molecule has 2 aliphatic rings. The van der Waals surface area contributed by atoms with Crippen LogP contribution in [0.25, 0.3) is 11.0 Å². The fourth-order valence-corrected chi connectivity index (χ4v) is 4.57. The van der Waals surface area contributed by atoms with Gasteiger partial charge in [-0.2, -0.15) is 0 Å². The third-order valence-electron chi connectivity index (χ3n) is 5.93. The standard InChI is InChI=1S/C20H27FN4O/c21-15-7-8-16-17(14-15)24-18(23-16)6-5-11-22-19(26)20(9-1-2-10-20)25-12-3-4-13-25/h7-8,14H,1-6,9-13H2,(H,22,26)(H,23,24). The number of aromatic nitrogens is 2. The Morgan fingerprint density at radius 1 is 1.23 bits per heavy atom. The topological polar surface area (TPSA) is 61.0 Å². The summed E-state index contributed by atoms with van der Waals surface area (Å²) in [5.41, 5.74) is 1.25. The van der Waals surface area contributed by atoms with E-state index in [1.165, 1.54) is 25.0 Å². The number of fused-ring (bicyclic) bond motifs is 1. The van der Waals surface area contributed by atoms with Crippen LogP contribution in [0.4, 0.5) is 4.39 Å². The predicted octanol–water partition coefficient (Wildman–Crippen LogP) is 3.16. The van der Waals surface area contributed by atoms with Crippen LogP contribution in [0.2, 0.25) is 0 Å². The van der Waals surface area contributed by atoms with Crippen LogP contribution in [0.15, 0.2) is 18.2 Å². The molecule has 0 unspecified atom stereocenters. The number of hydrogen-bond donors (Lipinski definition) is 2. The van der Waals surface area contributed by atoms with E-state index < -0.39 is 0 Å². The van der Waals surface area contributed by atoms with Gasteiger partial charge < -0.3 is 10.3 Å². The Morgan fingerprint density at radius 3 is 2.77 bits per heavy atom. The molecule has 140 valence electrons. The maximum absolute atomic E-state index is 13.3. The third-order valence-corrected chi connectivity index (χ3v) is 5.93. The highest BCUT2D eigenvalue weighted by molar-refractivity contribution is 5.86. The fourth-order valence-electron chi connectivity index (χ4n) is 4.57. The van der Waals surface area contributed by atoms with Gasteiger partial charge in [0, 0.05) is 13.0 Å². The number of aryl methyl sites for hydroxylation is 1. The van der Waals surface area contributed by atoms with E-state index in [0.29, 0.717) is 6.54 Å². The summed E-state index contributed by atoms with van der Waals surface area (Å²) < 4.78 is 13.3. The second-order valence-corrected chi connectivity index (χ2v) is 7.64. The van der Waals surface area contributed by atoms with Crippen LogP contribution in [0, 0.1) is 5.82 Å². The molecule has 2 N–H and O–H groups in total. The number of benzene rings is 1. The number of aromatic amines is 1. The summed E-state index contributed by atoms with van der Waals surface area (Å²) in [7, 11) is 0. The number of hydrogen-bond acceptors (Lipinski definition) is 3. The summed E-state index contributed by atoms with van der Waals surface area (Å²) in [4.78, 5) is 23.0. The highest BCUT2D eigenvalue weighted by atomic mass is 19.1. The Hall–Kier alpha value is -1.95. The number of likely N-dealkylation sites (tertiary alicyclic amines) is 1. The number of nitrogens with zero attached hydrogens (tertiary/aromatic N) is 2. The molecule has 6 heteroatoms. The van der Waals surface area contributed by atoms with E-state index in [2.05, 4.69) is 20.2 Å². The van der Waals surface area contributed by atoms with E-state index in [1.807, 2.05) is 0 Å². The van der Waals surface area contributed by atoms with Gasteiger partial charge in [0.25, 0.3) is 0 Å². The Bertz CT molecular complexity index is 775. The second kappa shape index (κ2) is 7.35. The zero-order valence-corrected chi connectivity index (χ0v) is 15.2. The molecule has 26 heavy (non-hydrogen) atoms. The zero-order chi connectivity index (χ0) is 18.0. The summed E-state index contributed by atoms with van der Waals surface area (Å²) >= 11 is 0. The number of nitrogens with one attached hydrogen (secondary N) is 2. The molecule has 0 bridgehead atoms. The Balaban J connectivity index is 1.31. The molecule has 1 aromatic carbocycles. The molecule has 0 radical (unpaired) electrons. The molecule has 1 saturated heterocycles. The Morgan fingerprint density at radius 2 is 2.00 bits per heavy atom. The molecule has 4 rings (SSSR count). The van der Waals surface area contributed by atoms with Crippen LogP contribution in [0.3, 0.4) is 0 Å². The molecule has 2 fully saturated rings. The van der Waals surface area contributed by atoms with Crippen LogP contribution in [-0.4, -0.2) is 45.9 Å². The number of carbonyl (C=O) groups is 1. The number of carbonyl (C=O) groups excluding carboxylic acids is 1. The van der Waals surface area contributed by atoms with Crippen molar-refractivity contribution in [2.45, 2.75) is 56.9 Å². The second-order valence-electron chi connectivity index (χ2n) is 7.64. The van der Waals surface area contributed by atoms with Gasteiger partial charge in [-0.05, 0) is 63.4 Å². The average Bonchev–Trinajstić information content (AvgIpc) is 3.37. The summed E-state index contributed by atoms with van der Waals surface area (Å²) in [6, 6.07) is 4.58. The lowest BCUT2D eigenvalue weighted by Crippen LogP contribution is -2.56. The highest BCUT2D eigenvalue weighted by Crippen LogP contribution is 2.37. The largest absolute Gasteiger partial charge is 0.354 e. The molecule has 2 aromatic rings. The molecule has 1 aromatic heterocycles. The van der Waals surface area contributed by atoms with Gasteiger partial charge >= 0.3 is 0 Å². The lowest BCUT2D eigenvalue weighted by molar-refractivity contribution is -0.132. The molecule has 5 nitrogen and oxygen atoms in total. The van der Waals surface area contributed by atoms with Crippen molar-refractivity contribution in [3.8, 4) is 0 Å². The van der Waals surface area contributed by atoms with Crippen LogP contribution in [0.1, 0.15) is 50.8 Å². The third kappa shape index (κ3) is 3.34. The van der Waals surface area contributed by atoms with Crippen molar-refractivity contribution in [1.82, 2.24) is 20.2 Å². The van der Waals surface area contributed by atoms with Gasteiger partial charge in [-0.1, -0.05) is 12.8 Å². The summed E-state index contributed by atoms with van der Waals surface area (Å²) in [5, 5.41) is 3.17. The molecule has 2 heterocycles. The van der Waals surface area contributed by atoms with Crippen LogP contribution in [-0.2, 0) is 11.2 Å². The maximum Gasteiger partial charge on any atom is 0.240 e. The molecular weight excluding hydrogens is 331 g/mol. The minimum Gasteiger partial charge on any atom is -0.354 e. The first-order chi connectivity index (χ1) is 12.7. The van der Waals surface area contributed by atoms with Crippen molar-refractivity contribution in [3.05, 3.63) is 29.8 Å². The molecule has 0 atom stereocenters. The normalized spacial score (nSPS) is 20.0. The number of halogens is 1. The van der Waals surface area contributed by atoms with Crippen molar-refractivity contribution in [2.75, 3.05) is 19.6 Å². The van der Waals surface area contributed by atoms with Crippen LogP contribution < -0.4 is 5.32 Å². The quantitative estimate of drug-likeness (QED) is 0.780. The number of amides is 1. The monoisotopic (exact) mass is 358 g/mol. The lowest BCUT2D eigenvalue weighted by atomic mass is 9.94. The van der Waals surface area contributed by atoms with Gasteiger partial charge in [-0.25, -0.2) is 9.37 Å². The van der Waals surface area contributed by atoms with Crippen molar-refractivity contribution in [3.63, 3.8) is 0 Å². The van der Waals surface area contributed by atoms with Gasteiger partial charge in [0.15, 0.2) is 0 Å². The highest BCUT2D eigenvalue weighted by Gasteiger charge is 2.46. The molecule has 1 aliphatic heterocycles. The van der Waals surface area contributed by atoms with Crippen molar-refractivity contribution >= 4 is 16.9 Å². The lowest BCUT2D eigenvalue weighted by Gasteiger charge is -2.37. The van der Waals surface area contributed by atoms with E-state index in [9.17, 15) is 9.18 Å². The van der Waals surface area contributed by atoms with Gasteiger partial charge in [0.05, 0.1) is 11.0 Å². The maximum atomic E-state index is 13.3. The van der Waals surface area contributed by atoms with Gasteiger partial charge in [-0.15, -0.1) is 0 Å². The number of rotatable bonds is 6. The minimum atomic E-state index is -0.260. The first-order valence-electron chi connectivity index (χ1n) is 9.85. The average molecular weight is 358 g/mol. The number of imidazole rings is 1. The SMILES string of the molecule is O=C(NCCCc1nc2ccc(F)cc2[nH]1)C1(N2CCCC2)CCCC1. The predicted molar refractivity (Wildman–Crippen MR) is 99.4 cm³/mol. The van der Waals surface area contributed by atoms with Crippen molar-refractivity contribution < 1.29 is 9.18 Å².